The number of ether oxygens (including phenoxy) is 1. The second-order valence-corrected chi connectivity index (χ2v) is 4.59. The maximum absolute atomic E-state index is 5.85. The molecule has 0 aromatic heterocycles. The largest absolute Gasteiger partial charge is 0.457 e. The van der Waals surface area contributed by atoms with Gasteiger partial charge in [0, 0.05) is 0 Å². The summed E-state index contributed by atoms with van der Waals surface area (Å²) < 4.78 is 5.85. The third kappa shape index (κ3) is 2.70. The fourth-order valence-electron chi connectivity index (χ4n) is 1.69. The van der Waals surface area contributed by atoms with Crippen LogP contribution in [0.4, 0.5) is 0 Å². The Morgan fingerprint density at radius 3 is 1.94 bits per heavy atom. The van der Waals surface area contributed by atoms with Crippen molar-refractivity contribution >= 4 is 13.3 Å². The van der Waals surface area contributed by atoms with Crippen LogP contribution in [0.5, 0.6) is 11.5 Å². The summed E-state index contributed by atoms with van der Waals surface area (Å²) in [6.45, 7) is 6.31. The Kier molecular flexibility index (Phi) is 3.23. The molecule has 0 saturated carbocycles. The zero-order chi connectivity index (χ0) is 12.4. The van der Waals surface area contributed by atoms with E-state index >= 15 is 0 Å². The molecule has 2 aromatic carbocycles. The number of aryl methyl sites for hydroxylation is 3. The van der Waals surface area contributed by atoms with Crippen molar-refractivity contribution in [3.05, 3.63) is 53.1 Å². The summed E-state index contributed by atoms with van der Waals surface area (Å²) in [4.78, 5) is 0. The molecule has 2 heteroatoms. The molecule has 2 aromatic rings. The molecule has 0 fully saturated rings. The maximum atomic E-state index is 5.85. The molecule has 0 amide bonds. The molecule has 0 spiro atoms. The number of hydrogen-bond donors (Lipinski definition) is 0. The molecule has 0 aliphatic rings. The lowest BCUT2D eigenvalue weighted by Crippen LogP contribution is -2.06. The fraction of sp³-hybridized carbons (Fsp3) is 0.200. The SMILES string of the molecule is Bc1cc(Oc2ccc(C)c(C)c2)ccc1C. The molecule has 17 heavy (non-hydrogen) atoms. The molecule has 0 aliphatic heterocycles. The van der Waals surface area contributed by atoms with Crippen LogP contribution in [0.15, 0.2) is 36.4 Å². The van der Waals surface area contributed by atoms with Crippen LogP contribution in [0, 0.1) is 20.8 Å². The zero-order valence-electron chi connectivity index (χ0n) is 10.9. The highest BCUT2D eigenvalue weighted by molar-refractivity contribution is 6.33. The van der Waals surface area contributed by atoms with Crippen molar-refractivity contribution in [1.82, 2.24) is 0 Å². The van der Waals surface area contributed by atoms with Gasteiger partial charge in [0.2, 0.25) is 0 Å². The van der Waals surface area contributed by atoms with Gasteiger partial charge in [-0.3, -0.25) is 0 Å². The molecule has 0 aliphatic carbocycles. The minimum absolute atomic E-state index is 0.899. The van der Waals surface area contributed by atoms with Gasteiger partial charge in [0.25, 0.3) is 0 Å². The van der Waals surface area contributed by atoms with Gasteiger partial charge >= 0.3 is 0 Å². The molecule has 1 nitrogen and oxygen atoms in total. The minimum Gasteiger partial charge on any atom is -0.457 e. The zero-order valence-corrected chi connectivity index (χ0v) is 10.9. The first-order chi connectivity index (χ1) is 8.06. The molecule has 0 unspecified atom stereocenters. The molecule has 0 saturated heterocycles. The molecule has 0 atom stereocenters. The highest BCUT2D eigenvalue weighted by atomic mass is 16.5. The van der Waals surface area contributed by atoms with Gasteiger partial charge in [-0.1, -0.05) is 23.2 Å². The third-order valence-electron chi connectivity index (χ3n) is 3.19. The summed E-state index contributed by atoms with van der Waals surface area (Å²) in [6, 6.07) is 12.3. The second kappa shape index (κ2) is 4.66. The fourth-order valence-corrected chi connectivity index (χ4v) is 1.69. The summed E-state index contributed by atoms with van der Waals surface area (Å²) in [6.07, 6.45) is 0. The van der Waals surface area contributed by atoms with Crippen molar-refractivity contribution in [2.75, 3.05) is 0 Å². The monoisotopic (exact) mass is 224 g/mol. The Hall–Kier alpha value is -1.70. The van der Waals surface area contributed by atoms with Crippen molar-refractivity contribution in [3.8, 4) is 11.5 Å². The molecule has 2 rings (SSSR count). The van der Waals surface area contributed by atoms with Gasteiger partial charge in [-0.15, -0.1) is 0 Å². The van der Waals surface area contributed by atoms with E-state index in [4.69, 9.17) is 4.74 Å². The van der Waals surface area contributed by atoms with Crippen LogP contribution in [0.25, 0.3) is 0 Å². The normalized spacial score (nSPS) is 10.3. The van der Waals surface area contributed by atoms with E-state index in [-0.39, 0.29) is 0 Å². The average molecular weight is 224 g/mol. The van der Waals surface area contributed by atoms with Crippen LogP contribution >= 0.6 is 0 Å². The van der Waals surface area contributed by atoms with Crippen molar-refractivity contribution in [2.45, 2.75) is 20.8 Å². The third-order valence-corrected chi connectivity index (χ3v) is 3.19. The molecular formula is C15H17BO. The molecular weight excluding hydrogens is 207 g/mol. The molecule has 0 heterocycles. The average Bonchev–Trinajstić information content (AvgIpc) is 2.29. The van der Waals surface area contributed by atoms with Crippen LogP contribution < -0.4 is 10.2 Å². The summed E-state index contributed by atoms with van der Waals surface area (Å²) >= 11 is 0. The Morgan fingerprint density at radius 1 is 0.765 bits per heavy atom. The maximum Gasteiger partial charge on any atom is 0.139 e. The number of hydrogen-bond acceptors (Lipinski definition) is 1. The van der Waals surface area contributed by atoms with Crippen LogP contribution in [0.1, 0.15) is 16.7 Å². The molecule has 0 N–H and O–H groups in total. The van der Waals surface area contributed by atoms with E-state index in [1.54, 1.807) is 0 Å². The Morgan fingerprint density at radius 2 is 1.35 bits per heavy atom. The van der Waals surface area contributed by atoms with E-state index in [0.717, 1.165) is 11.5 Å². The Bertz CT molecular complexity index is 497. The highest BCUT2D eigenvalue weighted by Gasteiger charge is 2.01. The summed E-state index contributed by atoms with van der Waals surface area (Å²) in [5, 5.41) is 0. The summed E-state index contributed by atoms with van der Waals surface area (Å²) in [5.41, 5.74) is 5.09. The van der Waals surface area contributed by atoms with Gasteiger partial charge in [-0.25, -0.2) is 0 Å². The van der Waals surface area contributed by atoms with Gasteiger partial charge < -0.3 is 4.74 Å². The first-order valence-corrected chi connectivity index (χ1v) is 5.88. The van der Waals surface area contributed by atoms with E-state index in [1.165, 1.54) is 22.2 Å². The van der Waals surface area contributed by atoms with Crippen LogP contribution in [-0.4, -0.2) is 7.85 Å². The van der Waals surface area contributed by atoms with E-state index in [0.29, 0.717) is 0 Å². The van der Waals surface area contributed by atoms with E-state index < -0.39 is 0 Å². The highest BCUT2D eigenvalue weighted by Crippen LogP contribution is 2.23. The first kappa shape index (κ1) is 11.8. The van der Waals surface area contributed by atoms with Crippen molar-refractivity contribution in [1.29, 1.82) is 0 Å². The lowest BCUT2D eigenvalue weighted by Gasteiger charge is -2.09. The first-order valence-electron chi connectivity index (χ1n) is 5.88. The topological polar surface area (TPSA) is 9.23 Å². The predicted molar refractivity (Wildman–Crippen MR) is 75.3 cm³/mol. The van der Waals surface area contributed by atoms with Crippen molar-refractivity contribution in [3.63, 3.8) is 0 Å². The Labute approximate surface area is 104 Å². The molecule has 0 radical (unpaired) electrons. The van der Waals surface area contributed by atoms with Crippen LogP contribution in [0.2, 0.25) is 0 Å². The molecule has 86 valence electrons. The van der Waals surface area contributed by atoms with Crippen LogP contribution in [-0.2, 0) is 0 Å². The van der Waals surface area contributed by atoms with E-state index in [9.17, 15) is 0 Å². The van der Waals surface area contributed by atoms with Gasteiger partial charge in [0.05, 0.1) is 0 Å². The van der Waals surface area contributed by atoms with Gasteiger partial charge in [0.1, 0.15) is 19.3 Å². The number of rotatable bonds is 2. The predicted octanol–water partition coefficient (Wildman–Crippen LogP) is 2.66. The second-order valence-electron chi connectivity index (χ2n) is 4.59. The minimum atomic E-state index is 0.899. The van der Waals surface area contributed by atoms with Crippen molar-refractivity contribution in [2.24, 2.45) is 0 Å². The van der Waals surface area contributed by atoms with Gasteiger partial charge in [-0.05, 0) is 56.2 Å². The lowest BCUT2D eigenvalue weighted by molar-refractivity contribution is 0.482. The summed E-state index contributed by atoms with van der Waals surface area (Å²) in [5.74, 6) is 1.80. The van der Waals surface area contributed by atoms with E-state index in [2.05, 4.69) is 52.9 Å². The Balaban J connectivity index is 2.25. The molecule has 0 bridgehead atoms. The lowest BCUT2D eigenvalue weighted by atomic mass is 9.91. The van der Waals surface area contributed by atoms with Gasteiger partial charge in [0.15, 0.2) is 0 Å². The van der Waals surface area contributed by atoms with Crippen LogP contribution in [0.3, 0.4) is 0 Å². The van der Waals surface area contributed by atoms with Crippen molar-refractivity contribution < 1.29 is 4.74 Å². The van der Waals surface area contributed by atoms with E-state index in [1.807, 2.05) is 12.1 Å². The van der Waals surface area contributed by atoms with Gasteiger partial charge in [-0.2, -0.15) is 0 Å². The summed E-state index contributed by atoms with van der Waals surface area (Å²) in [7, 11) is 2.10. The quantitative estimate of drug-likeness (QED) is 0.712. The number of benzene rings is 2. The standard InChI is InChI=1S/C15H17BO/c1-10-4-6-13(8-12(10)3)17-14-7-5-11(2)15(16)9-14/h4-9H,16H2,1-3H3. The smallest absolute Gasteiger partial charge is 0.139 e.